The van der Waals surface area contributed by atoms with Gasteiger partial charge in [-0.05, 0) is 50.8 Å². The number of ether oxygens (including phenoxy) is 1. The van der Waals surface area contributed by atoms with E-state index in [-0.39, 0.29) is 18.9 Å². The Morgan fingerprint density at radius 1 is 1.29 bits per heavy atom. The highest BCUT2D eigenvalue weighted by Gasteiger charge is 2.49. The summed E-state index contributed by atoms with van der Waals surface area (Å²) in [5.74, 6) is 0.348. The molecule has 1 unspecified atom stereocenters. The molecule has 24 heavy (non-hydrogen) atoms. The smallest absolute Gasteiger partial charge is 0.405 e. The van der Waals surface area contributed by atoms with E-state index in [2.05, 4.69) is 5.43 Å². The summed E-state index contributed by atoms with van der Waals surface area (Å²) in [7, 11) is 1.56. The number of nitrogens with one attached hydrogen (secondary N) is 1. The van der Waals surface area contributed by atoms with Gasteiger partial charge in [0.15, 0.2) is 0 Å². The van der Waals surface area contributed by atoms with Crippen molar-refractivity contribution in [3.05, 3.63) is 29.8 Å². The van der Waals surface area contributed by atoms with E-state index < -0.39 is 17.6 Å². The van der Waals surface area contributed by atoms with E-state index in [9.17, 15) is 18.0 Å². The molecule has 1 aromatic carbocycles. The van der Waals surface area contributed by atoms with Crippen LogP contribution >= 0.6 is 0 Å². The minimum absolute atomic E-state index is 0.0541. The Labute approximate surface area is 139 Å². The molecule has 2 rings (SSSR count). The van der Waals surface area contributed by atoms with Gasteiger partial charge in [0.25, 0.3) is 0 Å². The highest BCUT2D eigenvalue weighted by molar-refractivity contribution is 5.83. The molecule has 1 aliphatic rings. The van der Waals surface area contributed by atoms with E-state index in [4.69, 9.17) is 4.74 Å². The number of carbonyl (C=O) groups excluding carboxylic acids is 1. The van der Waals surface area contributed by atoms with Crippen molar-refractivity contribution in [2.45, 2.75) is 45.3 Å². The number of alkyl halides is 3. The van der Waals surface area contributed by atoms with Crippen molar-refractivity contribution in [2.24, 2.45) is 5.41 Å². The predicted molar refractivity (Wildman–Crippen MR) is 84.4 cm³/mol. The number of amides is 1. The maximum absolute atomic E-state index is 13.4. The van der Waals surface area contributed by atoms with Crippen molar-refractivity contribution < 1.29 is 22.7 Å². The van der Waals surface area contributed by atoms with Gasteiger partial charge in [0.2, 0.25) is 5.91 Å². The minimum Gasteiger partial charge on any atom is -0.497 e. The number of benzene rings is 1. The number of carbonyl (C=O) groups is 1. The van der Waals surface area contributed by atoms with Gasteiger partial charge >= 0.3 is 6.18 Å². The highest BCUT2D eigenvalue weighted by atomic mass is 19.4. The maximum Gasteiger partial charge on any atom is 0.405 e. The summed E-state index contributed by atoms with van der Waals surface area (Å²) in [5, 5.41) is 1.04. The van der Waals surface area contributed by atoms with Crippen molar-refractivity contribution in [3.8, 4) is 5.75 Å². The monoisotopic (exact) mass is 344 g/mol. The summed E-state index contributed by atoms with van der Waals surface area (Å²) in [4.78, 5) is 11.8. The van der Waals surface area contributed by atoms with Gasteiger partial charge in [-0.2, -0.15) is 13.2 Å². The Morgan fingerprint density at radius 2 is 1.92 bits per heavy atom. The third kappa shape index (κ3) is 4.41. The zero-order chi connectivity index (χ0) is 18.0. The summed E-state index contributed by atoms with van der Waals surface area (Å²) in [6, 6.07) is 5.62. The second kappa shape index (κ2) is 7.01. The standard InChI is InChI=1S/C17H23F3N2O2/c1-16(2)11-22(21-15(16)23)14(17(18,19)20)6-4-5-12-7-9-13(24-3)10-8-12/h7-10,14H,4-6,11H2,1-3H3,(H,21,23). The number of hydrazine groups is 1. The summed E-state index contributed by atoms with van der Waals surface area (Å²) in [6.45, 7) is 3.35. The summed E-state index contributed by atoms with van der Waals surface area (Å²) >= 11 is 0. The van der Waals surface area contributed by atoms with Crippen LogP contribution in [0.2, 0.25) is 0 Å². The first kappa shape index (κ1) is 18.6. The van der Waals surface area contributed by atoms with Gasteiger partial charge in [0.1, 0.15) is 11.8 Å². The first-order valence-corrected chi connectivity index (χ1v) is 7.91. The molecule has 0 spiro atoms. The van der Waals surface area contributed by atoms with Crippen LogP contribution < -0.4 is 10.2 Å². The topological polar surface area (TPSA) is 41.6 Å². The lowest BCUT2D eigenvalue weighted by Crippen LogP contribution is -2.50. The molecule has 1 fully saturated rings. The maximum atomic E-state index is 13.4. The Bertz CT molecular complexity index is 570. The van der Waals surface area contributed by atoms with Crippen LogP contribution in [0.3, 0.4) is 0 Å². The molecular formula is C17H23F3N2O2. The molecule has 1 aromatic rings. The van der Waals surface area contributed by atoms with E-state index >= 15 is 0 Å². The number of hydrogen-bond acceptors (Lipinski definition) is 3. The first-order chi connectivity index (χ1) is 11.1. The number of methoxy groups -OCH3 is 1. The van der Waals surface area contributed by atoms with Crippen LogP contribution in [0.1, 0.15) is 32.3 Å². The molecule has 7 heteroatoms. The molecule has 1 heterocycles. The third-order valence-corrected chi connectivity index (χ3v) is 4.28. The molecule has 0 saturated carbocycles. The van der Waals surface area contributed by atoms with Crippen LogP contribution in [-0.2, 0) is 11.2 Å². The van der Waals surface area contributed by atoms with Gasteiger partial charge in [-0.25, -0.2) is 5.01 Å². The molecule has 0 aliphatic carbocycles. The fourth-order valence-corrected chi connectivity index (χ4v) is 2.80. The highest BCUT2D eigenvalue weighted by Crippen LogP contribution is 2.33. The number of rotatable bonds is 6. The lowest BCUT2D eigenvalue weighted by atomic mass is 9.94. The molecule has 0 bridgehead atoms. The number of aryl methyl sites for hydroxylation is 1. The first-order valence-electron chi connectivity index (χ1n) is 7.91. The molecule has 1 saturated heterocycles. The van der Waals surface area contributed by atoms with Crippen LogP contribution in [0.5, 0.6) is 5.75 Å². The molecular weight excluding hydrogens is 321 g/mol. The van der Waals surface area contributed by atoms with Gasteiger partial charge in [0, 0.05) is 6.54 Å². The van der Waals surface area contributed by atoms with Crippen LogP contribution in [0, 0.1) is 5.41 Å². The van der Waals surface area contributed by atoms with Gasteiger partial charge in [0.05, 0.1) is 12.5 Å². The third-order valence-electron chi connectivity index (χ3n) is 4.28. The van der Waals surface area contributed by atoms with Crippen molar-refractivity contribution >= 4 is 5.91 Å². The van der Waals surface area contributed by atoms with E-state index in [0.29, 0.717) is 18.6 Å². The molecule has 1 atom stereocenters. The van der Waals surface area contributed by atoms with Gasteiger partial charge in [-0.3, -0.25) is 10.2 Å². The number of nitrogens with zero attached hydrogens (tertiary/aromatic N) is 1. The average Bonchev–Trinajstić information content (AvgIpc) is 2.76. The average molecular weight is 344 g/mol. The second-order valence-corrected chi connectivity index (χ2v) is 6.75. The van der Waals surface area contributed by atoms with E-state index in [0.717, 1.165) is 10.6 Å². The Kier molecular flexibility index (Phi) is 5.42. The van der Waals surface area contributed by atoms with Crippen LogP contribution in [0.4, 0.5) is 13.2 Å². The Hall–Kier alpha value is -1.76. The number of halogens is 3. The molecule has 4 nitrogen and oxygen atoms in total. The normalized spacial score (nSPS) is 19.2. The van der Waals surface area contributed by atoms with Gasteiger partial charge < -0.3 is 4.74 Å². The minimum atomic E-state index is -4.38. The summed E-state index contributed by atoms with van der Waals surface area (Å²) in [5.41, 5.74) is 2.53. The van der Waals surface area contributed by atoms with Gasteiger partial charge in [-0.1, -0.05) is 12.1 Å². The lowest BCUT2D eigenvalue weighted by Gasteiger charge is -2.29. The lowest BCUT2D eigenvalue weighted by molar-refractivity contribution is -0.190. The Morgan fingerprint density at radius 3 is 2.38 bits per heavy atom. The van der Waals surface area contributed by atoms with Crippen molar-refractivity contribution in [2.75, 3.05) is 13.7 Å². The second-order valence-electron chi connectivity index (χ2n) is 6.75. The molecule has 1 aliphatic heterocycles. The quantitative estimate of drug-likeness (QED) is 0.861. The van der Waals surface area contributed by atoms with Crippen molar-refractivity contribution in [1.82, 2.24) is 10.4 Å². The van der Waals surface area contributed by atoms with E-state index in [1.165, 1.54) is 0 Å². The molecule has 1 amide bonds. The van der Waals surface area contributed by atoms with Gasteiger partial charge in [-0.15, -0.1) is 0 Å². The molecule has 0 radical (unpaired) electrons. The fraction of sp³-hybridized carbons (Fsp3) is 0.588. The summed E-state index contributed by atoms with van der Waals surface area (Å²) < 4.78 is 45.2. The SMILES string of the molecule is COc1ccc(CCCC(N2CC(C)(C)C(=O)N2)C(F)(F)F)cc1. The Balaban J connectivity index is 1.96. The van der Waals surface area contributed by atoms with Crippen LogP contribution in [-0.4, -0.2) is 36.8 Å². The zero-order valence-electron chi connectivity index (χ0n) is 14.1. The van der Waals surface area contributed by atoms with Crippen molar-refractivity contribution in [1.29, 1.82) is 0 Å². The van der Waals surface area contributed by atoms with Crippen LogP contribution in [0.15, 0.2) is 24.3 Å². The molecule has 1 N–H and O–H groups in total. The molecule has 0 aromatic heterocycles. The fourth-order valence-electron chi connectivity index (χ4n) is 2.80. The van der Waals surface area contributed by atoms with E-state index in [1.807, 2.05) is 12.1 Å². The number of hydrogen-bond donors (Lipinski definition) is 1. The summed E-state index contributed by atoms with van der Waals surface area (Å²) in [6.07, 6.45) is -3.52. The van der Waals surface area contributed by atoms with E-state index in [1.54, 1.807) is 33.1 Å². The van der Waals surface area contributed by atoms with Crippen LogP contribution in [0.25, 0.3) is 0 Å². The zero-order valence-corrected chi connectivity index (χ0v) is 14.1. The predicted octanol–water partition coefficient (Wildman–Crippen LogP) is 3.32. The largest absolute Gasteiger partial charge is 0.497 e. The van der Waals surface area contributed by atoms with Crippen molar-refractivity contribution in [3.63, 3.8) is 0 Å². The molecule has 134 valence electrons.